The number of benzene rings is 2. The van der Waals surface area contributed by atoms with Crippen molar-refractivity contribution in [2.75, 3.05) is 31.1 Å². The third-order valence-corrected chi connectivity index (χ3v) is 5.04. The number of carbonyl (C=O) groups excluding carboxylic acids is 1. The molecule has 27 heavy (non-hydrogen) atoms. The van der Waals surface area contributed by atoms with Crippen molar-refractivity contribution in [2.45, 2.75) is 13.5 Å². The first-order valence-corrected chi connectivity index (χ1v) is 9.15. The number of amides is 1. The van der Waals surface area contributed by atoms with Crippen LogP contribution in [0, 0.1) is 6.92 Å². The van der Waals surface area contributed by atoms with Crippen molar-refractivity contribution >= 4 is 22.5 Å². The van der Waals surface area contributed by atoms with E-state index >= 15 is 0 Å². The summed E-state index contributed by atoms with van der Waals surface area (Å²) in [5, 5.41) is 0.539. The van der Waals surface area contributed by atoms with Gasteiger partial charge in [0.2, 0.25) is 5.91 Å². The van der Waals surface area contributed by atoms with E-state index in [2.05, 4.69) is 41.1 Å². The molecule has 0 aliphatic carbocycles. The summed E-state index contributed by atoms with van der Waals surface area (Å²) >= 11 is 0. The Morgan fingerprint density at radius 1 is 1.04 bits per heavy atom. The fourth-order valence-electron chi connectivity index (χ4n) is 3.50. The van der Waals surface area contributed by atoms with Crippen LogP contribution in [0.25, 0.3) is 10.9 Å². The third-order valence-electron chi connectivity index (χ3n) is 5.04. The second kappa shape index (κ2) is 7.23. The van der Waals surface area contributed by atoms with Crippen LogP contribution in [-0.4, -0.2) is 46.5 Å². The van der Waals surface area contributed by atoms with E-state index in [1.54, 1.807) is 12.1 Å². The van der Waals surface area contributed by atoms with Gasteiger partial charge in [-0.1, -0.05) is 24.3 Å². The van der Waals surface area contributed by atoms with Gasteiger partial charge in [-0.05, 0) is 36.8 Å². The van der Waals surface area contributed by atoms with E-state index in [4.69, 9.17) is 0 Å². The van der Waals surface area contributed by atoms with Crippen LogP contribution in [0.2, 0.25) is 0 Å². The lowest BCUT2D eigenvalue weighted by atomic mass is 10.2. The Kier molecular flexibility index (Phi) is 4.62. The van der Waals surface area contributed by atoms with Crippen molar-refractivity contribution in [3.05, 3.63) is 70.8 Å². The highest BCUT2D eigenvalue weighted by Crippen LogP contribution is 2.18. The van der Waals surface area contributed by atoms with Gasteiger partial charge in [-0.25, -0.2) is 4.98 Å². The lowest BCUT2D eigenvalue weighted by Gasteiger charge is -2.36. The van der Waals surface area contributed by atoms with Crippen molar-refractivity contribution < 1.29 is 4.79 Å². The molecule has 2 heterocycles. The number of hydrogen-bond donors (Lipinski definition) is 0. The van der Waals surface area contributed by atoms with E-state index in [-0.39, 0.29) is 18.0 Å². The zero-order chi connectivity index (χ0) is 18.8. The smallest absolute Gasteiger partial charge is 0.261 e. The maximum absolute atomic E-state index is 12.7. The van der Waals surface area contributed by atoms with E-state index in [0.29, 0.717) is 24.0 Å². The summed E-state index contributed by atoms with van der Waals surface area (Å²) in [6.07, 6.45) is 1.46. The highest BCUT2D eigenvalue weighted by Gasteiger charge is 2.22. The van der Waals surface area contributed by atoms with Crippen molar-refractivity contribution in [2.24, 2.45) is 0 Å². The van der Waals surface area contributed by atoms with Crippen LogP contribution >= 0.6 is 0 Å². The Bertz CT molecular complexity index is 1040. The van der Waals surface area contributed by atoms with Gasteiger partial charge >= 0.3 is 0 Å². The normalized spacial score (nSPS) is 14.6. The molecular formula is C21H22N4O2. The summed E-state index contributed by atoms with van der Waals surface area (Å²) in [5.41, 5.74) is 2.90. The van der Waals surface area contributed by atoms with Crippen molar-refractivity contribution in [3.8, 4) is 0 Å². The lowest BCUT2D eigenvalue weighted by Crippen LogP contribution is -2.50. The van der Waals surface area contributed by atoms with Crippen molar-refractivity contribution in [1.29, 1.82) is 0 Å². The van der Waals surface area contributed by atoms with Crippen molar-refractivity contribution in [1.82, 2.24) is 14.5 Å². The van der Waals surface area contributed by atoms with Crippen LogP contribution in [0.15, 0.2) is 59.7 Å². The van der Waals surface area contributed by atoms with Gasteiger partial charge in [0.1, 0.15) is 6.54 Å². The lowest BCUT2D eigenvalue weighted by molar-refractivity contribution is -0.132. The van der Waals surface area contributed by atoms with E-state index in [1.807, 2.05) is 17.0 Å². The molecule has 0 unspecified atom stereocenters. The molecule has 0 spiro atoms. The molecule has 1 aliphatic heterocycles. The average Bonchev–Trinajstić information content (AvgIpc) is 2.70. The number of piperazine rings is 1. The first kappa shape index (κ1) is 17.3. The van der Waals surface area contributed by atoms with E-state index in [1.165, 1.54) is 22.1 Å². The van der Waals surface area contributed by atoms with Gasteiger partial charge in [-0.2, -0.15) is 0 Å². The topological polar surface area (TPSA) is 58.4 Å². The summed E-state index contributed by atoms with van der Waals surface area (Å²) in [4.78, 5) is 33.6. The van der Waals surface area contributed by atoms with Crippen LogP contribution < -0.4 is 10.5 Å². The Balaban J connectivity index is 1.43. The maximum Gasteiger partial charge on any atom is 0.261 e. The Morgan fingerprint density at radius 3 is 2.59 bits per heavy atom. The predicted molar refractivity (Wildman–Crippen MR) is 106 cm³/mol. The zero-order valence-electron chi connectivity index (χ0n) is 15.3. The highest BCUT2D eigenvalue weighted by molar-refractivity contribution is 5.79. The van der Waals surface area contributed by atoms with Gasteiger partial charge < -0.3 is 9.80 Å². The number of nitrogens with zero attached hydrogens (tertiary/aromatic N) is 4. The minimum Gasteiger partial charge on any atom is -0.368 e. The second-order valence-electron chi connectivity index (χ2n) is 6.90. The Labute approximate surface area is 157 Å². The highest BCUT2D eigenvalue weighted by atomic mass is 16.2. The molecule has 1 aromatic heterocycles. The van der Waals surface area contributed by atoms with Gasteiger partial charge in [0.25, 0.3) is 5.56 Å². The first-order chi connectivity index (χ1) is 13.1. The molecule has 1 amide bonds. The molecule has 138 valence electrons. The average molecular weight is 362 g/mol. The number of fused-ring (bicyclic) bond motifs is 1. The molecule has 3 aromatic rings. The van der Waals surface area contributed by atoms with Crippen LogP contribution in [-0.2, 0) is 11.3 Å². The Morgan fingerprint density at radius 2 is 1.81 bits per heavy atom. The summed E-state index contributed by atoms with van der Waals surface area (Å²) in [7, 11) is 0. The molecule has 0 N–H and O–H groups in total. The molecule has 1 fully saturated rings. The largest absolute Gasteiger partial charge is 0.368 e. The quantitative estimate of drug-likeness (QED) is 0.716. The number of carbonyl (C=O) groups is 1. The third kappa shape index (κ3) is 3.56. The van der Waals surface area contributed by atoms with Gasteiger partial charge in [0.05, 0.1) is 17.2 Å². The molecule has 1 saturated heterocycles. The monoisotopic (exact) mass is 362 g/mol. The SMILES string of the molecule is Cc1cccc(N2CCN(C(=O)Cn3cnc4ccccc4c3=O)CC2)c1. The predicted octanol–water partition coefficient (Wildman–Crippen LogP) is 2.05. The molecule has 0 radical (unpaired) electrons. The van der Waals surface area contributed by atoms with Crippen LogP contribution in [0.5, 0.6) is 0 Å². The molecule has 1 aliphatic rings. The molecule has 0 bridgehead atoms. The number of aryl methyl sites for hydroxylation is 1. The van der Waals surface area contributed by atoms with Gasteiger partial charge in [-0.3, -0.25) is 14.2 Å². The fourth-order valence-corrected chi connectivity index (χ4v) is 3.50. The van der Waals surface area contributed by atoms with Crippen molar-refractivity contribution in [3.63, 3.8) is 0 Å². The number of rotatable bonds is 3. The summed E-state index contributed by atoms with van der Waals surface area (Å²) in [5.74, 6) is -0.0435. The van der Waals surface area contributed by atoms with E-state index in [9.17, 15) is 9.59 Å². The van der Waals surface area contributed by atoms with E-state index < -0.39 is 0 Å². The summed E-state index contributed by atoms with van der Waals surface area (Å²) in [6, 6.07) is 15.6. The van der Waals surface area contributed by atoms with Gasteiger partial charge in [0, 0.05) is 31.9 Å². The Hall–Kier alpha value is -3.15. The maximum atomic E-state index is 12.7. The summed E-state index contributed by atoms with van der Waals surface area (Å²) < 4.78 is 1.40. The fraction of sp³-hybridized carbons (Fsp3) is 0.286. The minimum atomic E-state index is -0.174. The molecule has 4 rings (SSSR count). The number of anilines is 1. The van der Waals surface area contributed by atoms with Crippen LogP contribution in [0.4, 0.5) is 5.69 Å². The number of aromatic nitrogens is 2. The van der Waals surface area contributed by atoms with Crippen LogP contribution in [0.3, 0.4) is 0 Å². The molecule has 0 saturated carbocycles. The second-order valence-corrected chi connectivity index (χ2v) is 6.90. The molecule has 6 nitrogen and oxygen atoms in total. The summed E-state index contributed by atoms with van der Waals surface area (Å²) in [6.45, 7) is 5.00. The molecule has 0 atom stereocenters. The molecule has 2 aromatic carbocycles. The van der Waals surface area contributed by atoms with E-state index in [0.717, 1.165) is 13.1 Å². The number of para-hydroxylation sites is 1. The first-order valence-electron chi connectivity index (χ1n) is 9.15. The van der Waals surface area contributed by atoms with Crippen LogP contribution in [0.1, 0.15) is 5.56 Å². The zero-order valence-corrected chi connectivity index (χ0v) is 15.3. The minimum absolute atomic E-state index is 0.0289. The number of hydrogen-bond acceptors (Lipinski definition) is 4. The molecule has 6 heteroatoms. The van der Waals surface area contributed by atoms with Gasteiger partial charge in [0.15, 0.2) is 0 Å². The standard InChI is InChI=1S/C21H22N4O2/c1-16-5-4-6-17(13-16)23-9-11-24(12-10-23)20(26)14-25-15-22-19-8-3-2-7-18(19)21(25)27/h2-8,13,15H,9-12,14H2,1H3. The molecular weight excluding hydrogens is 340 g/mol. The van der Waals surface area contributed by atoms with Gasteiger partial charge in [-0.15, -0.1) is 0 Å².